The van der Waals surface area contributed by atoms with Gasteiger partial charge in [0, 0.05) is 38.4 Å². The smallest absolute Gasteiger partial charge is 0.270 e. The maximum absolute atomic E-state index is 12.3. The fraction of sp³-hybridized carbons (Fsp3) is 0.500. The Morgan fingerprint density at radius 1 is 1.42 bits per heavy atom. The number of carbonyl (C=O) groups is 2. The van der Waals surface area contributed by atoms with Crippen LogP contribution in [0.3, 0.4) is 0 Å². The summed E-state index contributed by atoms with van der Waals surface area (Å²) >= 11 is 3.27. The molecule has 2 amide bonds. The van der Waals surface area contributed by atoms with Crippen molar-refractivity contribution in [1.29, 1.82) is 0 Å². The van der Waals surface area contributed by atoms with Crippen molar-refractivity contribution in [2.24, 2.45) is 0 Å². The molecule has 0 radical (unpaired) electrons. The van der Waals surface area contributed by atoms with Crippen molar-refractivity contribution in [2.45, 2.75) is 0 Å². The van der Waals surface area contributed by atoms with Crippen LogP contribution >= 0.6 is 15.9 Å². The van der Waals surface area contributed by atoms with E-state index in [4.69, 9.17) is 4.74 Å². The summed E-state index contributed by atoms with van der Waals surface area (Å²) < 4.78 is 5.76. The Kier molecular flexibility index (Phi) is 6.04. The Hall–Kier alpha value is -1.34. The van der Waals surface area contributed by atoms with Crippen LogP contribution in [-0.2, 0) is 9.53 Å². The highest BCUT2D eigenvalue weighted by Crippen LogP contribution is 2.12. The number of ether oxygens (including phenoxy) is 1. The van der Waals surface area contributed by atoms with E-state index < -0.39 is 0 Å². The quantitative estimate of drug-likeness (QED) is 0.844. The minimum Gasteiger partial charge on any atom is -0.383 e. The molecule has 1 heterocycles. The van der Waals surface area contributed by atoms with Crippen LogP contribution in [-0.4, -0.2) is 67.5 Å². The molecule has 106 valence electrons. The number of H-pyrrole nitrogens is 1. The molecule has 19 heavy (non-hydrogen) atoms. The normalized spacial score (nSPS) is 10.3. The summed E-state index contributed by atoms with van der Waals surface area (Å²) in [6.45, 7) is 0.783. The molecule has 1 aromatic rings. The lowest BCUT2D eigenvalue weighted by atomic mass is 10.3. The molecule has 0 spiro atoms. The van der Waals surface area contributed by atoms with E-state index in [2.05, 4.69) is 20.9 Å². The molecule has 0 aromatic carbocycles. The Bertz CT molecular complexity index is 445. The molecular formula is C12H18BrN3O3. The van der Waals surface area contributed by atoms with Crippen LogP contribution in [0.15, 0.2) is 16.7 Å². The van der Waals surface area contributed by atoms with Gasteiger partial charge in [0.25, 0.3) is 5.91 Å². The summed E-state index contributed by atoms with van der Waals surface area (Å²) in [5.74, 6) is -0.354. The van der Waals surface area contributed by atoms with Gasteiger partial charge in [-0.2, -0.15) is 0 Å². The molecule has 0 unspecified atom stereocenters. The van der Waals surface area contributed by atoms with E-state index in [0.717, 1.165) is 4.47 Å². The largest absolute Gasteiger partial charge is 0.383 e. The first kappa shape index (κ1) is 15.7. The van der Waals surface area contributed by atoms with E-state index in [-0.39, 0.29) is 18.4 Å². The summed E-state index contributed by atoms with van der Waals surface area (Å²) in [5, 5.41) is 0. The Labute approximate surface area is 120 Å². The van der Waals surface area contributed by atoms with Gasteiger partial charge in [-0.15, -0.1) is 0 Å². The first-order valence-electron chi connectivity index (χ1n) is 5.78. The third-order valence-corrected chi connectivity index (χ3v) is 3.01. The van der Waals surface area contributed by atoms with Crippen molar-refractivity contribution in [3.05, 3.63) is 22.4 Å². The zero-order valence-electron chi connectivity index (χ0n) is 11.3. The highest BCUT2D eigenvalue weighted by molar-refractivity contribution is 9.10. The van der Waals surface area contributed by atoms with Gasteiger partial charge in [-0.25, -0.2) is 0 Å². The maximum atomic E-state index is 12.3. The number of methoxy groups -OCH3 is 1. The molecule has 0 aliphatic carbocycles. The molecule has 1 aromatic heterocycles. The van der Waals surface area contributed by atoms with Gasteiger partial charge in [0.15, 0.2) is 0 Å². The van der Waals surface area contributed by atoms with E-state index in [1.807, 2.05) is 0 Å². The second-order valence-corrected chi connectivity index (χ2v) is 5.15. The number of carbonyl (C=O) groups excluding carboxylic acids is 2. The second-order valence-electron chi connectivity index (χ2n) is 4.24. The van der Waals surface area contributed by atoms with Crippen molar-refractivity contribution in [1.82, 2.24) is 14.8 Å². The van der Waals surface area contributed by atoms with Crippen molar-refractivity contribution in [3.63, 3.8) is 0 Å². The summed E-state index contributed by atoms with van der Waals surface area (Å²) in [7, 11) is 4.88. The molecule has 0 aliphatic rings. The molecule has 6 nitrogen and oxygen atoms in total. The average Bonchev–Trinajstić information content (AvgIpc) is 2.79. The lowest BCUT2D eigenvalue weighted by molar-refractivity contribution is -0.129. The molecule has 0 bridgehead atoms. The summed E-state index contributed by atoms with van der Waals surface area (Å²) in [4.78, 5) is 29.8. The van der Waals surface area contributed by atoms with Crippen LogP contribution in [0.4, 0.5) is 0 Å². The number of rotatable bonds is 6. The zero-order valence-corrected chi connectivity index (χ0v) is 12.9. The molecular weight excluding hydrogens is 314 g/mol. The van der Waals surface area contributed by atoms with Gasteiger partial charge in [-0.3, -0.25) is 9.59 Å². The second kappa shape index (κ2) is 7.30. The molecule has 0 saturated heterocycles. The Balaban J connectivity index is 2.78. The third kappa shape index (κ3) is 4.68. The van der Waals surface area contributed by atoms with Crippen LogP contribution in [0.2, 0.25) is 0 Å². The zero-order chi connectivity index (χ0) is 14.4. The first-order chi connectivity index (χ1) is 8.95. The minimum atomic E-state index is -0.224. The maximum Gasteiger partial charge on any atom is 0.270 e. The first-order valence-corrected chi connectivity index (χ1v) is 6.57. The Morgan fingerprint density at radius 3 is 2.58 bits per heavy atom. The van der Waals surface area contributed by atoms with Crippen LogP contribution in [0.1, 0.15) is 10.5 Å². The highest BCUT2D eigenvalue weighted by Gasteiger charge is 2.20. The number of hydrogen-bond donors (Lipinski definition) is 1. The molecule has 0 atom stereocenters. The summed E-state index contributed by atoms with van der Waals surface area (Å²) in [6.07, 6.45) is 1.68. The lowest BCUT2D eigenvalue weighted by Gasteiger charge is -2.23. The van der Waals surface area contributed by atoms with Gasteiger partial charge in [0.05, 0.1) is 6.61 Å². The van der Waals surface area contributed by atoms with Gasteiger partial charge in [-0.05, 0) is 22.0 Å². The number of nitrogens with one attached hydrogen (secondary N) is 1. The SMILES string of the molecule is COCCN(CC(=O)N(C)C)C(=O)c1cc(Br)c[nH]1. The van der Waals surface area contributed by atoms with Gasteiger partial charge in [0.1, 0.15) is 12.2 Å². The van der Waals surface area contributed by atoms with Crippen LogP contribution in [0, 0.1) is 0 Å². The van der Waals surface area contributed by atoms with E-state index in [1.54, 1.807) is 33.5 Å². The molecule has 1 N–H and O–H groups in total. The minimum absolute atomic E-state index is 0.0336. The third-order valence-electron chi connectivity index (χ3n) is 2.56. The molecule has 0 fully saturated rings. The predicted molar refractivity (Wildman–Crippen MR) is 75.0 cm³/mol. The number of nitrogens with zero attached hydrogens (tertiary/aromatic N) is 2. The Morgan fingerprint density at radius 2 is 2.11 bits per heavy atom. The van der Waals surface area contributed by atoms with Crippen LogP contribution < -0.4 is 0 Å². The van der Waals surface area contributed by atoms with Gasteiger partial charge in [0.2, 0.25) is 5.91 Å². The number of likely N-dealkylation sites (N-methyl/N-ethyl adjacent to an activating group) is 1. The predicted octanol–water partition coefficient (Wildman–Crippen LogP) is 0.954. The fourth-order valence-electron chi connectivity index (χ4n) is 1.42. The van der Waals surface area contributed by atoms with Crippen molar-refractivity contribution in [2.75, 3.05) is 40.9 Å². The number of amides is 2. The number of halogens is 1. The van der Waals surface area contributed by atoms with E-state index >= 15 is 0 Å². The van der Waals surface area contributed by atoms with Crippen LogP contribution in [0.5, 0.6) is 0 Å². The van der Waals surface area contributed by atoms with Crippen molar-refractivity contribution in [3.8, 4) is 0 Å². The lowest BCUT2D eigenvalue weighted by Crippen LogP contribution is -2.42. The monoisotopic (exact) mass is 331 g/mol. The number of hydrogen-bond acceptors (Lipinski definition) is 3. The molecule has 0 saturated carbocycles. The molecule has 1 rings (SSSR count). The van der Waals surface area contributed by atoms with E-state index in [1.165, 1.54) is 9.80 Å². The van der Waals surface area contributed by atoms with Crippen molar-refractivity contribution < 1.29 is 14.3 Å². The number of aromatic amines is 1. The van der Waals surface area contributed by atoms with Gasteiger partial charge in [-0.1, -0.05) is 0 Å². The van der Waals surface area contributed by atoms with Crippen molar-refractivity contribution >= 4 is 27.7 Å². The molecule has 0 aliphatic heterocycles. The fourth-order valence-corrected chi connectivity index (χ4v) is 1.76. The van der Waals surface area contributed by atoms with E-state index in [0.29, 0.717) is 18.8 Å². The van der Waals surface area contributed by atoms with Gasteiger partial charge >= 0.3 is 0 Å². The topological polar surface area (TPSA) is 65.6 Å². The summed E-state index contributed by atoms with van der Waals surface area (Å²) in [5.41, 5.74) is 0.439. The average molecular weight is 332 g/mol. The summed E-state index contributed by atoms with van der Waals surface area (Å²) in [6, 6.07) is 1.68. The van der Waals surface area contributed by atoms with Crippen LogP contribution in [0.25, 0.3) is 0 Å². The van der Waals surface area contributed by atoms with E-state index in [9.17, 15) is 9.59 Å². The standard InChI is InChI=1S/C12H18BrN3O3/c1-15(2)11(17)8-16(4-5-19-3)12(18)10-6-9(13)7-14-10/h6-7,14H,4-5,8H2,1-3H3. The number of aromatic nitrogens is 1. The molecule has 7 heteroatoms. The highest BCUT2D eigenvalue weighted by atomic mass is 79.9. The van der Waals surface area contributed by atoms with Gasteiger partial charge < -0.3 is 19.5 Å².